The standard InChI is InChI=1S/C3H2N2O2S2/c6-2-1-9-3(8)5(2)4-7/h1H2. The Kier molecular flexibility index (Phi) is 1.77. The number of thioether (sulfide) groups is 1. The molecule has 1 aliphatic rings. The second kappa shape index (κ2) is 2.40. The molecular formula is C3H2N2O2S2. The van der Waals surface area contributed by atoms with Crippen LogP contribution >= 0.6 is 24.0 Å². The van der Waals surface area contributed by atoms with Gasteiger partial charge >= 0.3 is 0 Å². The Morgan fingerprint density at radius 2 is 2.44 bits per heavy atom. The van der Waals surface area contributed by atoms with Crippen molar-refractivity contribution in [2.45, 2.75) is 0 Å². The van der Waals surface area contributed by atoms with Crippen LogP contribution in [0.5, 0.6) is 0 Å². The lowest BCUT2D eigenvalue weighted by Gasteiger charge is -1.98. The maximum absolute atomic E-state index is 10.5. The molecule has 0 spiro atoms. The van der Waals surface area contributed by atoms with Gasteiger partial charge in [-0.3, -0.25) is 4.79 Å². The van der Waals surface area contributed by atoms with Gasteiger partial charge in [-0.15, -0.1) is 9.92 Å². The molecule has 1 aliphatic heterocycles. The molecule has 1 saturated heterocycles. The summed E-state index contributed by atoms with van der Waals surface area (Å²) in [4.78, 5) is 20.3. The highest BCUT2D eigenvalue weighted by molar-refractivity contribution is 8.23. The molecule has 0 bridgehead atoms. The molecule has 0 N–H and O–H groups in total. The third-order valence-electron chi connectivity index (χ3n) is 0.810. The first-order valence-corrected chi connectivity index (χ1v) is 3.48. The Hall–Kier alpha value is -0.490. The predicted molar refractivity (Wildman–Crippen MR) is 37.7 cm³/mol. The van der Waals surface area contributed by atoms with Crippen LogP contribution in [0.15, 0.2) is 5.29 Å². The van der Waals surface area contributed by atoms with E-state index in [4.69, 9.17) is 0 Å². The van der Waals surface area contributed by atoms with Crippen molar-refractivity contribution in [3.63, 3.8) is 0 Å². The second-order valence-electron chi connectivity index (χ2n) is 1.34. The molecule has 0 aromatic carbocycles. The minimum Gasteiger partial charge on any atom is -0.271 e. The number of rotatable bonds is 1. The van der Waals surface area contributed by atoms with E-state index < -0.39 is 0 Å². The minimum absolute atomic E-state index is 0.241. The molecule has 6 heteroatoms. The van der Waals surface area contributed by atoms with E-state index in [9.17, 15) is 9.70 Å². The highest BCUT2D eigenvalue weighted by Crippen LogP contribution is 2.18. The van der Waals surface area contributed by atoms with Gasteiger partial charge in [0.25, 0.3) is 5.91 Å². The monoisotopic (exact) mass is 162 g/mol. The van der Waals surface area contributed by atoms with Crippen molar-refractivity contribution in [3.8, 4) is 0 Å². The summed E-state index contributed by atoms with van der Waals surface area (Å²) in [5, 5.41) is 3.12. The maximum atomic E-state index is 10.5. The van der Waals surface area contributed by atoms with Gasteiger partial charge in [-0.25, -0.2) is 0 Å². The van der Waals surface area contributed by atoms with Crippen LogP contribution in [-0.2, 0) is 4.79 Å². The molecule has 9 heavy (non-hydrogen) atoms. The summed E-state index contributed by atoms with van der Waals surface area (Å²) in [6.45, 7) is 0. The van der Waals surface area contributed by atoms with Crippen LogP contribution in [0.25, 0.3) is 0 Å². The van der Waals surface area contributed by atoms with Gasteiger partial charge in [-0.1, -0.05) is 24.0 Å². The Morgan fingerprint density at radius 1 is 1.78 bits per heavy atom. The van der Waals surface area contributed by atoms with Crippen LogP contribution in [0.2, 0.25) is 0 Å². The third-order valence-corrected chi connectivity index (χ3v) is 2.15. The van der Waals surface area contributed by atoms with Crippen molar-refractivity contribution in [1.29, 1.82) is 0 Å². The van der Waals surface area contributed by atoms with E-state index in [0.717, 1.165) is 11.8 Å². The van der Waals surface area contributed by atoms with Crippen LogP contribution in [0.4, 0.5) is 0 Å². The molecule has 1 heterocycles. The van der Waals surface area contributed by atoms with Crippen molar-refractivity contribution >= 4 is 34.2 Å². The third kappa shape index (κ3) is 1.08. The van der Waals surface area contributed by atoms with Gasteiger partial charge in [-0.05, 0) is 0 Å². The maximum Gasteiger partial charge on any atom is 0.261 e. The number of nitrogens with zero attached hydrogens (tertiary/aromatic N) is 2. The van der Waals surface area contributed by atoms with Gasteiger partial charge in [0.2, 0.25) is 0 Å². The number of amides is 1. The van der Waals surface area contributed by atoms with Gasteiger partial charge in [-0.2, -0.15) is 0 Å². The van der Waals surface area contributed by atoms with E-state index in [1.54, 1.807) is 0 Å². The van der Waals surface area contributed by atoms with Crippen molar-refractivity contribution in [2.75, 3.05) is 5.75 Å². The van der Waals surface area contributed by atoms with Crippen LogP contribution in [-0.4, -0.2) is 21.0 Å². The molecule has 48 valence electrons. The number of nitroso groups, excluding NO2 is 1. The molecule has 0 aromatic rings. The number of hydrogen-bond acceptors (Lipinski definition) is 5. The zero-order chi connectivity index (χ0) is 6.85. The van der Waals surface area contributed by atoms with Crippen molar-refractivity contribution < 1.29 is 4.79 Å². The summed E-state index contributed by atoms with van der Waals surface area (Å²) in [6.07, 6.45) is 0. The molecule has 0 radical (unpaired) electrons. The van der Waals surface area contributed by atoms with E-state index in [0.29, 0.717) is 5.01 Å². The average molecular weight is 162 g/mol. The molecule has 0 aliphatic carbocycles. The van der Waals surface area contributed by atoms with Gasteiger partial charge in [0.15, 0.2) is 4.32 Å². The van der Waals surface area contributed by atoms with Crippen molar-refractivity contribution in [1.82, 2.24) is 5.01 Å². The van der Waals surface area contributed by atoms with Crippen LogP contribution in [0.3, 0.4) is 0 Å². The summed E-state index contributed by atoms with van der Waals surface area (Å²) in [5.74, 6) is -0.0927. The lowest BCUT2D eigenvalue weighted by molar-refractivity contribution is -0.124. The Balaban J connectivity index is 2.77. The zero-order valence-corrected chi connectivity index (χ0v) is 5.87. The van der Waals surface area contributed by atoms with E-state index in [1.807, 2.05) is 0 Å². The summed E-state index contributed by atoms with van der Waals surface area (Å²) >= 11 is 5.74. The number of carbonyl (C=O) groups is 1. The molecule has 0 saturated carbocycles. The predicted octanol–water partition coefficient (Wildman–Crippen LogP) is 0.528. The first-order chi connectivity index (χ1) is 4.25. The van der Waals surface area contributed by atoms with E-state index in [1.165, 1.54) is 0 Å². The van der Waals surface area contributed by atoms with Gasteiger partial charge in [0.05, 0.1) is 11.0 Å². The number of thiocarbonyl (C=S) groups is 1. The summed E-state index contributed by atoms with van der Waals surface area (Å²) in [5.41, 5.74) is 0. The number of hydrogen-bond donors (Lipinski definition) is 0. The van der Waals surface area contributed by atoms with E-state index in [-0.39, 0.29) is 16.0 Å². The van der Waals surface area contributed by atoms with Gasteiger partial charge < -0.3 is 0 Å². The first kappa shape index (κ1) is 6.63. The van der Waals surface area contributed by atoms with Gasteiger partial charge in [0.1, 0.15) is 0 Å². The molecule has 0 atom stereocenters. The lowest BCUT2D eigenvalue weighted by atomic mass is 10.7. The lowest BCUT2D eigenvalue weighted by Crippen LogP contribution is -2.21. The molecule has 1 amide bonds. The van der Waals surface area contributed by atoms with Crippen molar-refractivity contribution in [2.24, 2.45) is 5.29 Å². The van der Waals surface area contributed by atoms with E-state index >= 15 is 0 Å². The largest absolute Gasteiger partial charge is 0.271 e. The van der Waals surface area contributed by atoms with Gasteiger partial charge in [0, 0.05) is 0 Å². The molecule has 0 aromatic heterocycles. The van der Waals surface area contributed by atoms with E-state index in [2.05, 4.69) is 17.5 Å². The second-order valence-corrected chi connectivity index (χ2v) is 2.95. The molecule has 4 nitrogen and oxygen atoms in total. The molecule has 0 unspecified atom stereocenters. The number of carbonyl (C=O) groups excluding carboxylic acids is 1. The summed E-state index contributed by atoms with van der Waals surface area (Å²) < 4.78 is 0.245. The van der Waals surface area contributed by atoms with Crippen molar-refractivity contribution in [3.05, 3.63) is 4.91 Å². The summed E-state index contributed by atoms with van der Waals surface area (Å²) in [7, 11) is 0. The zero-order valence-electron chi connectivity index (χ0n) is 4.23. The smallest absolute Gasteiger partial charge is 0.261 e. The Bertz CT molecular complexity index is 165. The SMILES string of the molecule is O=NN1C(=O)CSC1=S. The average Bonchev–Trinajstić information content (AvgIpc) is 2.12. The molecule has 1 fully saturated rings. The summed E-state index contributed by atoms with van der Waals surface area (Å²) in [6, 6.07) is 0. The fourth-order valence-corrected chi connectivity index (χ4v) is 1.37. The highest BCUT2D eigenvalue weighted by atomic mass is 32.2. The fourth-order valence-electron chi connectivity index (χ4n) is 0.426. The Morgan fingerprint density at radius 3 is 2.67 bits per heavy atom. The minimum atomic E-state index is -0.333. The topological polar surface area (TPSA) is 49.7 Å². The quantitative estimate of drug-likeness (QED) is 0.417. The highest BCUT2D eigenvalue weighted by Gasteiger charge is 2.27. The fraction of sp³-hybridized carbons (Fsp3) is 0.333. The first-order valence-electron chi connectivity index (χ1n) is 2.08. The Labute approximate surface area is 60.5 Å². The van der Waals surface area contributed by atoms with Crippen LogP contribution in [0, 0.1) is 4.91 Å². The molecule has 1 rings (SSSR count). The van der Waals surface area contributed by atoms with Crippen LogP contribution < -0.4 is 0 Å². The normalized spacial score (nSPS) is 18.9. The molecular weight excluding hydrogens is 160 g/mol. The van der Waals surface area contributed by atoms with Crippen LogP contribution in [0.1, 0.15) is 0 Å².